The lowest BCUT2D eigenvalue weighted by Gasteiger charge is -2.10. The monoisotopic (exact) mass is 302 g/mol. The van der Waals surface area contributed by atoms with Gasteiger partial charge in [-0.1, -0.05) is 48.5 Å². The zero-order chi connectivity index (χ0) is 15.6. The number of ether oxygens (including phenoxy) is 1. The van der Waals surface area contributed by atoms with Crippen molar-refractivity contribution in [3.63, 3.8) is 0 Å². The maximum absolute atomic E-state index is 9.48. The van der Waals surface area contributed by atoms with Crippen molar-refractivity contribution in [3.05, 3.63) is 83.4 Å². The third kappa shape index (κ3) is 2.68. The fourth-order valence-corrected chi connectivity index (χ4v) is 3.31. The predicted octanol–water partition coefficient (Wildman–Crippen LogP) is 4.58. The lowest BCUT2D eigenvalue weighted by molar-refractivity contribution is 0.319. The highest BCUT2D eigenvalue weighted by Gasteiger charge is 2.19. The van der Waals surface area contributed by atoms with E-state index in [4.69, 9.17) is 4.74 Å². The van der Waals surface area contributed by atoms with Crippen LogP contribution in [0.25, 0.3) is 11.1 Å². The van der Waals surface area contributed by atoms with Gasteiger partial charge >= 0.3 is 0 Å². The molecule has 1 aliphatic carbocycles. The van der Waals surface area contributed by atoms with Crippen molar-refractivity contribution < 1.29 is 9.84 Å². The summed E-state index contributed by atoms with van der Waals surface area (Å²) >= 11 is 0. The van der Waals surface area contributed by atoms with E-state index in [1.54, 1.807) is 18.2 Å². The summed E-state index contributed by atoms with van der Waals surface area (Å²) in [6, 6.07) is 22.1. The van der Waals surface area contributed by atoms with Crippen LogP contribution in [0, 0.1) is 0 Å². The van der Waals surface area contributed by atoms with E-state index in [9.17, 15) is 5.11 Å². The fourth-order valence-electron chi connectivity index (χ4n) is 3.31. The molecule has 0 heterocycles. The van der Waals surface area contributed by atoms with Crippen molar-refractivity contribution in [2.24, 2.45) is 0 Å². The van der Waals surface area contributed by atoms with E-state index in [0.717, 1.165) is 12.8 Å². The van der Waals surface area contributed by atoms with Crippen LogP contribution in [0.4, 0.5) is 0 Å². The molecule has 3 aromatic carbocycles. The van der Waals surface area contributed by atoms with Gasteiger partial charge in [0.2, 0.25) is 0 Å². The number of rotatable bonds is 4. The third-order valence-corrected chi connectivity index (χ3v) is 4.41. The Morgan fingerprint density at radius 3 is 2.61 bits per heavy atom. The molecule has 0 atom stereocenters. The van der Waals surface area contributed by atoms with E-state index in [1.165, 1.54) is 27.8 Å². The molecule has 114 valence electrons. The molecule has 23 heavy (non-hydrogen) atoms. The van der Waals surface area contributed by atoms with Gasteiger partial charge in [0.1, 0.15) is 11.5 Å². The molecule has 2 nitrogen and oxygen atoms in total. The molecule has 0 fully saturated rings. The average Bonchev–Trinajstić information content (AvgIpc) is 2.95. The van der Waals surface area contributed by atoms with Gasteiger partial charge in [-0.15, -0.1) is 0 Å². The minimum atomic E-state index is 0.235. The Morgan fingerprint density at radius 2 is 1.70 bits per heavy atom. The highest BCUT2D eigenvalue weighted by atomic mass is 16.5. The van der Waals surface area contributed by atoms with Crippen LogP contribution in [-0.4, -0.2) is 11.7 Å². The SMILES string of the molecule is Oc1cccc(OCCc2cccc3c2Cc2ccccc2-3)c1. The molecule has 1 aliphatic rings. The van der Waals surface area contributed by atoms with E-state index >= 15 is 0 Å². The summed E-state index contributed by atoms with van der Waals surface area (Å²) in [5, 5.41) is 9.48. The summed E-state index contributed by atoms with van der Waals surface area (Å²) in [6.07, 6.45) is 1.88. The first-order chi connectivity index (χ1) is 11.3. The van der Waals surface area contributed by atoms with Gasteiger partial charge in [0.15, 0.2) is 0 Å². The van der Waals surface area contributed by atoms with Crippen LogP contribution in [-0.2, 0) is 12.8 Å². The summed E-state index contributed by atoms with van der Waals surface area (Å²) in [5.74, 6) is 0.944. The second-order valence-electron chi connectivity index (χ2n) is 5.87. The highest BCUT2D eigenvalue weighted by Crippen LogP contribution is 2.38. The molecular formula is C21H18O2. The van der Waals surface area contributed by atoms with E-state index in [1.807, 2.05) is 6.07 Å². The first-order valence-corrected chi connectivity index (χ1v) is 7.92. The van der Waals surface area contributed by atoms with Crippen LogP contribution in [0.1, 0.15) is 16.7 Å². The second-order valence-corrected chi connectivity index (χ2v) is 5.87. The summed E-state index contributed by atoms with van der Waals surface area (Å²) in [5.41, 5.74) is 6.89. The van der Waals surface area contributed by atoms with Gasteiger partial charge in [0.05, 0.1) is 6.61 Å². The summed E-state index contributed by atoms with van der Waals surface area (Å²) in [7, 11) is 0. The van der Waals surface area contributed by atoms with Gasteiger partial charge in [0, 0.05) is 12.5 Å². The highest BCUT2D eigenvalue weighted by molar-refractivity contribution is 5.77. The van der Waals surface area contributed by atoms with E-state index in [-0.39, 0.29) is 5.75 Å². The zero-order valence-corrected chi connectivity index (χ0v) is 12.8. The molecule has 4 rings (SSSR count). The van der Waals surface area contributed by atoms with Gasteiger partial charge in [-0.05, 0) is 46.4 Å². The zero-order valence-electron chi connectivity index (χ0n) is 12.8. The van der Waals surface area contributed by atoms with Crippen LogP contribution < -0.4 is 4.74 Å². The van der Waals surface area contributed by atoms with Crippen LogP contribution in [0.5, 0.6) is 11.5 Å². The molecular weight excluding hydrogens is 284 g/mol. The Balaban J connectivity index is 1.51. The Hall–Kier alpha value is -2.74. The molecule has 2 heteroatoms. The molecule has 3 aromatic rings. The lowest BCUT2D eigenvalue weighted by atomic mass is 9.99. The summed E-state index contributed by atoms with van der Waals surface area (Å²) in [4.78, 5) is 0. The average molecular weight is 302 g/mol. The number of phenolic OH excluding ortho intramolecular Hbond substituents is 1. The van der Waals surface area contributed by atoms with Gasteiger partial charge in [-0.2, -0.15) is 0 Å². The van der Waals surface area contributed by atoms with Crippen molar-refractivity contribution >= 4 is 0 Å². The van der Waals surface area contributed by atoms with Crippen LogP contribution in [0.3, 0.4) is 0 Å². The van der Waals surface area contributed by atoms with Crippen molar-refractivity contribution in [3.8, 4) is 22.6 Å². The van der Waals surface area contributed by atoms with Gasteiger partial charge in [-0.25, -0.2) is 0 Å². The minimum absolute atomic E-state index is 0.235. The molecule has 0 bridgehead atoms. The van der Waals surface area contributed by atoms with Crippen LogP contribution in [0.15, 0.2) is 66.7 Å². The molecule has 0 aliphatic heterocycles. The largest absolute Gasteiger partial charge is 0.508 e. The molecule has 0 spiro atoms. The molecule has 0 amide bonds. The third-order valence-electron chi connectivity index (χ3n) is 4.41. The summed E-state index contributed by atoms with van der Waals surface area (Å²) < 4.78 is 5.77. The Bertz CT molecular complexity index is 852. The molecule has 0 saturated heterocycles. The van der Waals surface area contributed by atoms with Crippen LogP contribution in [0.2, 0.25) is 0 Å². The quantitative estimate of drug-likeness (QED) is 0.597. The van der Waals surface area contributed by atoms with E-state index in [2.05, 4.69) is 42.5 Å². The first kappa shape index (κ1) is 13.9. The Kier molecular flexibility index (Phi) is 3.51. The molecule has 0 unspecified atom stereocenters. The number of hydrogen-bond acceptors (Lipinski definition) is 2. The normalized spacial score (nSPS) is 11.8. The molecule has 0 aromatic heterocycles. The molecule has 0 radical (unpaired) electrons. The molecule has 1 N–H and O–H groups in total. The predicted molar refractivity (Wildman–Crippen MR) is 92.0 cm³/mol. The second kappa shape index (κ2) is 5.81. The number of aromatic hydroxyl groups is 1. The van der Waals surface area contributed by atoms with Crippen LogP contribution >= 0.6 is 0 Å². The Morgan fingerprint density at radius 1 is 0.870 bits per heavy atom. The Labute approximate surface area is 136 Å². The molecule has 0 saturated carbocycles. The lowest BCUT2D eigenvalue weighted by Crippen LogP contribution is -2.03. The number of fused-ring (bicyclic) bond motifs is 3. The number of hydrogen-bond donors (Lipinski definition) is 1. The maximum atomic E-state index is 9.48. The van der Waals surface area contributed by atoms with Crippen molar-refractivity contribution in [2.75, 3.05) is 6.61 Å². The van der Waals surface area contributed by atoms with Gasteiger partial charge in [0.25, 0.3) is 0 Å². The van der Waals surface area contributed by atoms with Crippen molar-refractivity contribution in [1.82, 2.24) is 0 Å². The smallest absolute Gasteiger partial charge is 0.122 e. The topological polar surface area (TPSA) is 29.5 Å². The van der Waals surface area contributed by atoms with E-state index < -0.39 is 0 Å². The van der Waals surface area contributed by atoms with Crippen molar-refractivity contribution in [1.29, 1.82) is 0 Å². The standard InChI is InChI=1S/C21H18O2/c22-17-7-4-8-18(14-17)23-12-11-15-6-3-10-20-19-9-2-1-5-16(19)13-21(15)20/h1-10,14,22H,11-13H2. The summed E-state index contributed by atoms with van der Waals surface area (Å²) in [6.45, 7) is 0.607. The van der Waals surface area contributed by atoms with Crippen molar-refractivity contribution in [2.45, 2.75) is 12.8 Å². The van der Waals surface area contributed by atoms with Gasteiger partial charge in [-0.3, -0.25) is 0 Å². The number of benzene rings is 3. The maximum Gasteiger partial charge on any atom is 0.122 e. The van der Waals surface area contributed by atoms with E-state index in [0.29, 0.717) is 12.4 Å². The fraction of sp³-hybridized carbons (Fsp3) is 0.143. The number of phenols is 1. The minimum Gasteiger partial charge on any atom is -0.508 e. The first-order valence-electron chi connectivity index (χ1n) is 7.92. The van der Waals surface area contributed by atoms with Gasteiger partial charge < -0.3 is 9.84 Å².